The van der Waals surface area contributed by atoms with Gasteiger partial charge in [-0.3, -0.25) is 9.52 Å². The van der Waals surface area contributed by atoms with Crippen molar-refractivity contribution in [1.29, 1.82) is 0 Å². The molecule has 0 unspecified atom stereocenters. The monoisotopic (exact) mass is 466 g/mol. The maximum Gasteiger partial charge on any atom is 0.261 e. The second kappa shape index (κ2) is 8.26. The number of nitrogens with zero attached hydrogens (tertiary/aromatic N) is 1. The molecule has 1 heterocycles. The summed E-state index contributed by atoms with van der Waals surface area (Å²) in [5.74, 6) is 0.282. The number of benzene rings is 3. The molecule has 3 aromatic rings. The highest BCUT2D eigenvalue weighted by Crippen LogP contribution is 2.37. The van der Waals surface area contributed by atoms with E-state index in [0.29, 0.717) is 17.3 Å². The number of amides is 1. The van der Waals surface area contributed by atoms with Crippen molar-refractivity contribution >= 4 is 38.9 Å². The number of halogens is 1. The summed E-state index contributed by atoms with van der Waals surface area (Å²) in [6.45, 7) is 0.685. The molecule has 0 saturated heterocycles. The highest BCUT2D eigenvalue weighted by molar-refractivity contribution is 7.92. The number of hydrogen-bond acceptors (Lipinski definition) is 3. The van der Waals surface area contributed by atoms with Crippen LogP contribution in [0.3, 0.4) is 0 Å². The van der Waals surface area contributed by atoms with Gasteiger partial charge in [-0.25, -0.2) is 8.42 Å². The number of carbonyl (C=O) groups excluding carboxylic acids is 1. The van der Waals surface area contributed by atoms with Gasteiger partial charge in [-0.15, -0.1) is 0 Å². The summed E-state index contributed by atoms with van der Waals surface area (Å²) in [6.07, 6.45) is 3.71. The number of fused-ring (bicyclic) bond motifs is 1. The fourth-order valence-electron chi connectivity index (χ4n) is 4.10. The van der Waals surface area contributed by atoms with Crippen molar-refractivity contribution in [2.45, 2.75) is 30.6 Å². The van der Waals surface area contributed by atoms with Gasteiger partial charge in [0.1, 0.15) is 0 Å². The van der Waals surface area contributed by atoms with Crippen LogP contribution in [0.1, 0.15) is 24.8 Å². The van der Waals surface area contributed by atoms with E-state index >= 15 is 0 Å². The molecule has 2 aliphatic rings. The van der Waals surface area contributed by atoms with Gasteiger partial charge >= 0.3 is 0 Å². The normalized spacial score (nSPS) is 15.8. The highest BCUT2D eigenvalue weighted by Gasteiger charge is 2.35. The van der Waals surface area contributed by atoms with E-state index in [9.17, 15) is 13.2 Å². The Morgan fingerprint density at radius 2 is 1.59 bits per heavy atom. The summed E-state index contributed by atoms with van der Waals surface area (Å²) >= 11 is 5.94. The standard InChI is InChI=1S/C25H23ClN2O3S/c26-21-10-5-17(6-11-21)18-8-13-23(14-9-18)32(30,31)27-22-12-7-19-2-1-15-28(24(19)16-22)25(29)20-3-4-20/h5-14,16,20,27H,1-4,15H2. The molecule has 0 aromatic heterocycles. The molecule has 1 amide bonds. The topological polar surface area (TPSA) is 66.5 Å². The van der Waals surface area contributed by atoms with Crippen molar-refractivity contribution in [1.82, 2.24) is 0 Å². The molecule has 0 radical (unpaired) electrons. The molecule has 1 aliphatic carbocycles. The van der Waals surface area contributed by atoms with Crippen LogP contribution in [0.4, 0.5) is 11.4 Å². The van der Waals surface area contributed by atoms with E-state index in [-0.39, 0.29) is 16.7 Å². The second-order valence-electron chi connectivity index (χ2n) is 8.35. The lowest BCUT2D eigenvalue weighted by Gasteiger charge is -2.30. The molecule has 3 aromatic carbocycles. The zero-order valence-corrected chi connectivity index (χ0v) is 19.0. The first kappa shape index (κ1) is 21.0. The Bertz CT molecular complexity index is 1270. The number of anilines is 2. The van der Waals surface area contributed by atoms with Crippen molar-refractivity contribution in [2.24, 2.45) is 5.92 Å². The first-order valence-corrected chi connectivity index (χ1v) is 12.6. The Hall–Kier alpha value is -2.83. The van der Waals surface area contributed by atoms with Crippen LogP contribution in [0.5, 0.6) is 0 Å². The summed E-state index contributed by atoms with van der Waals surface area (Å²) in [5.41, 5.74) is 4.23. The molecule has 1 fully saturated rings. The van der Waals surface area contributed by atoms with Gasteiger partial charge < -0.3 is 4.90 Å². The van der Waals surface area contributed by atoms with Gasteiger partial charge in [0.25, 0.3) is 10.0 Å². The molecule has 0 atom stereocenters. The van der Waals surface area contributed by atoms with Gasteiger partial charge in [0.15, 0.2) is 0 Å². The number of nitrogens with one attached hydrogen (secondary N) is 1. The number of sulfonamides is 1. The lowest BCUT2D eigenvalue weighted by Crippen LogP contribution is -2.36. The fourth-order valence-corrected chi connectivity index (χ4v) is 5.28. The lowest BCUT2D eigenvalue weighted by molar-refractivity contribution is -0.119. The quantitative estimate of drug-likeness (QED) is 0.540. The van der Waals surface area contributed by atoms with Crippen LogP contribution in [0.25, 0.3) is 11.1 Å². The molecular weight excluding hydrogens is 444 g/mol. The minimum atomic E-state index is -3.76. The summed E-state index contributed by atoms with van der Waals surface area (Å²) in [4.78, 5) is 14.7. The number of aryl methyl sites for hydroxylation is 1. The summed E-state index contributed by atoms with van der Waals surface area (Å²) in [5, 5.41) is 0.652. The Morgan fingerprint density at radius 1 is 0.938 bits per heavy atom. The molecule has 0 bridgehead atoms. The summed E-state index contributed by atoms with van der Waals surface area (Å²) in [7, 11) is -3.76. The third kappa shape index (κ3) is 4.25. The minimum Gasteiger partial charge on any atom is -0.312 e. The third-order valence-corrected chi connectivity index (χ3v) is 7.64. The molecule has 164 valence electrons. The van der Waals surface area contributed by atoms with E-state index < -0.39 is 10.0 Å². The SMILES string of the molecule is O=C(C1CC1)N1CCCc2ccc(NS(=O)(=O)c3ccc(-c4ccc(Cl)cc4)cc3)cc21. The Balaban J connectivity index is 1.38. The largest absolute Gasteiger partial charge is 0.312 e. The molecule has 7 heteroatoms. The van der Waals surface area contributed by atoms with Crippen molar-refractivity contribution < 1.29 is 13.2 Å². The highest BCUT2D eigenvalue weighted by atomic mass is 35.5. The summed E-state index contributed by atoms with van der Waals surface area (Å²) in [6, 6.07) is 19.6. The lowest BCUT2D eigenvalue weighted by atomic mass is 10.0. The smallest absolute Gasteiger partial charge is 0.261 e. The van der Waals surface area contributed by atoms with Gasteiger partial charge in [-0.05, 0) is 78.8 Å². The van der Waals surface area contributed by atoms with Crippen LogP contribution in [0.15, 0.2) is 71.6 Å². The first-order valence-electron chi connectivity index (χ1n) is 10.7. The van der Waals surface area contributed by atoms with E-state index in [2.05, 4.69) is 4.72 Å². The van der Waals surface area contributed by atoms with E-state index in [4.69, 9.17) is 11.6 Å². The van der Waals surface area contributed by atoms with Crippen LogP contribution in [0.2, 0.25) is 5.02 Å². The van der Waals surface area contributed by atoms with Crippen LogP contribution in [-0.4, -0.2) is 20.9 Å². The molecule has 1 N–H and O–H groups in total. The molecule has 1 aliphatic heterocycles. The van der Waals surface area contributed by atoms with Gasteiger partial charge in [0.2, 0.25) is 5.91 Å². The Labute approximate surface area is 193 Å². The zero-order valence-electron chi connectivity index (χ0n) is 17.4. The predicted octanol–water partition coefficient (Wildman–Crippen LogP) is 5.50. The average Bonchev–Trinajstić information content (AvgIpc) is 3.64. The molecule has 32 heavy (non-hydrogen) atoms. The van der Waals surface area contributed by atoms with E-state index in [1.54, 1.807) is 48.5 Å². The molecule has 5 nitrogen and oxygen atoms in total. The molecule has 0 spiro atoms. The van der Waals surface area contributed by atoms with E-state index in [0.717, 1.165) is 48.1 Å². The number of carbonyl (C=O) groups is 1. The van der Waals surface area contributed by atoms with E-state index in [1.165, 1.54) is 0 Å². The van der Waals surface area contributed by atoms with Gasteiger partial charge in [0.05, 0.1) is 10.6 Å². The van der Waals surface area contributed by atoms with Crippen LogP contribution >= 0.6 is 11.6 Å². The molecule has 1 saturated carbocycles. The second-order valence-corrected chi connectivity index (χ2v) is 10.5. The maximum atomic E-state index is 13.0. The minimum absolute atomic E-state index is 0.125. The van der Waals surface area contributed by atoms with Crippen LogP contribution in [0, 0.1) is 5.92 Å². The Morgan fingerprint density at radius 3 is 2.25 bits per heavy atom. The number of rotatable bonds is 5. The maximum absolute atomic E-state index is 13.0. The zero-order chi connectivity index (χ0) is 22.3. The van der Waals surface area contributed by atoms with Crippen molar-refractivity contribution in [2.75, 3.05) is 16.2 Å². The van der Waals surface area contributed by atoms with E-state index in [1.807, 2.05) is 23.1 Å². The first-order chi connectivity index (χ1) is 15.4. The molecule has 5 rings (SSSR count). The van der Waals surface area contributed by atoms with Gasteiger partial charge in [-0.2, -0.15) is 0 Å². The van der Waals surface area contributed by atoms with Crippen LogP contribution in [-0.2, 0) is 21.2 Å². The Kier molecular flexibility index (Phi) is 5.43. The number of hydrogen-bond donors (Lipinski definition) is 1. The van der Waals surface area contributed by atoms with Crippen molar-refractivity contribution in [3.63, 3.8) is 0 Å². The van der Waals surface area contributed by atoms with Crippen molar-refractivity contribution in [3.05, 3.63) is 77.3 Å². The van der Waals surface area contributed by atoms with Gasteiger partial charge in [0, 0.05) is 23.2 Å². The van der Waals surface area contributed by atoms with Crippen molar-refractivity contribution in [3.8, 4) is 11.1 Å². The van der Waals surface area contributed by atoms with Crippen LogP contribution < -0.4 is 9.62 Å². The molecular formula is C25H23ClN2O3S. The fraction of sp³-hybridized carbons (Fsp3) is 0.240. The summed E-state index contributed by atoms with van der Waals surface area (Å²) < 4.78 is 28.6. The average molecular weight is 467 g/mol. The predicted molar refractivity (Wildman–Crippen MR) is 128 cm³/mol. The van der Waals surface area contributed by atoms with Gasteiger partial charge in [-0.1, -0.05) is 41.9 Å². The third-order valence-electron chi connectivity index (χ3n) is 5.99.